The molecule has 0 aromatic heterocycles. The fourth-order valence-corrected chi connectivity index (χ4v) is 3.41. The number of rotatable bonds is 6. The third-order valence-corrected chi connectivity index (χ3v) is 5.05. The number of aliphatic hydroxyl groups is 1. The van der Waals surface area contributed by atoms with Gasteiger partial charge in [0.25, 0.3) is 5.69 Å². The van der Waals surface area contributed by atoms with Gasteiger partial charge in [-0.05, 0) is 37.1 Å². The number of carbonyl (C=O) groups is 2. The number of aryl methyl sites for hydroxylation is 1. The number of nitro benzene ring substituents is 1. The minimum absolute atomic E-state index is 0.00446. The Morgan fingerprint density at radius 3 is 2.50 bits per heavy atom. The van der Waals surface area contributed by atoms with E-state index in [1.165, 1.54) is 42.5 Å². The number of hydrogen-bond donors (Lipinski definition) is 2. The first-order valence-corrected chi connectivity index (χ1v) is 9.79. The molecule has 0 spiro atoms. The van der Waals surface area contributed by atoms with Gasteiger partial charge in [0, 0.05) is 22.7 Å². The first kappa shape index (κ1) is 22.7. The lowest BCUT2D eigenvalue weighted by Gasteiger charge is -2.24. The summed E-state index contributed by atoms with van der Waals surface area (Å²) < 4.78 is 4.97. The second kappa shape index (κ2) is 9.03. The number of esters is 1. The van der Waals surface area contributed by atoms with Gasteiger partial charge in [0.15, 0.2) is 12.0 Å². The van der Waals surface area contributed by atoms with E-state index in [-0.39, 0.29) is 29.3 Å². The standard InChI is InChI=1S/C22H18ClN3O6/c1-3-32-22(29)18-20(28)19(16(11-27)13-5-7-14(23)8-6-13)25(21(18)24)17-10-15(26(30)31)9-4-12(17)2/h4-11,24,28H,3H2,1-2H3/b19-16-,24-21?. The topological polar surface area (TPSA) is 134 Å². The van der Waals surface area contributed by atoms with Crippen molar-refractivity contribution < 1.29 is 24.4 Å². The van der Waals surface area contributed by atoms with Crippen LogP contribution in [0.2, 0.25) is 5.02 Å². The molecular formula is C22H18ClN3O6. The molecule has 0 unspecified atom stereocenters. The van der Waals surface area contributed by atoms with Gasteiger partial charge in [0.2, 0.25) is 0 Å². The number of halogens is 1. The first-order chi connectivity index (χ1) is 15.2. The van der Waals surface area contributed by atoms with Crippen LogP contribution in [0.25, 0.3) is 5.57 Å². The van der Waals surface area contributed by atoms with Crippen molar-refractivity contribution in [2.45, 2.75) is 13.8 Å². The van der Waals surface area contributed by atoms with E-state index in [0.29, 0.717) is 22.4 Å². The highest BCUT2D eigenvalue weighted by Crippen LogP contribution is 2.40. The van der Waals surface area contributed by atoms with E-state index in [1.807, 2.05) is 0 Å². The van der Waals surface area contributed by atoms with Crippen molar-refractivity contribution in [2.24, 2.45) is 0 Å². The van der Waals surface area contributed by atoms with E-state index in [4.69, 9.17) is 21.7 Å². The number of hydrogen-bond acceptors (Lipinski definition) is 7. The zero-order valence-corrected chi connectivity index (χ0v) is 17.8. The number of nitrogens with one attached hydrogen (secondary N) is 1. The summed E-state index contributed by atoms with van der Waals surface area (Å²) in [4.78, 5) is 36.5. The Balaban J connectivity index is 2.35. The summed E-state index contributed by atoms with van der Waals surface area (Å²) >= 11 is 5.93. The largest absolute Gasteiger partial charge is 0.505 e. The summed E-state index contributed by atoms with van der Waals surface area (Å²) in [6.07, 6.45) is 0.468. The molecule has 0 saturated carbocycles. The molecule has 2 aromatic rings. The van der Waals surface area contributed by atoms with Crippen molar-refractivity contribution in [1.29, 1.82) is 5.41 Å². The molecule has 0 amide bonds. The SMILES string of the molecule is CCOC(=O)C1=C(O)/C(=C(\C=O)c2ccc(Cl)cc2)N(c2cc([N+](=O)[O-])ccc2C)C1=N. The average molecular weight is 456 g/mol. The van der Waals surface area contributed by atoms with Gasteiger partial charge in [-0.15, -0.1) is 0 Å². The second-order valence-electron chi connectivity index (χ2n) is 6.74. The molecule has 0 bridgehead atoms. The highest BCUT2D eigenvalue weighted by Gasteiger charge is 2.41. The molecule has 2 N–H and O–H groups in total. The van der Waals surface area contributed by atoms with Gasteiger partial charge in [-0.3, -0.25) is 25.2 Å². The van der Waals surface area contributed by atoms with Crippen molar-refractivity contribution in [3.8, 4) is 0 Å². The van der Waals surface area contributed by atoms with Crippen molar-refractivity contribution in [3.63, 3.8) is 0 Å². The molecule has 0 aliphatic carbocycles. The predicted molar refractivity (Wildman–Crippen MR) is 119 cm³/mol. The van der Waals surface area contributed by atoms with E-state index in [2.05, 4.69) is 0 Å². The normalized spacial score (nSPS) is 15.1. The molecule has 3 rings (SSSR count). The third kappa shape index (κ3) is 3.97. The summed E-state index contributed by atoms with van der Waals surface area (Å²) in [5.74, 6) is -2.08. The van der Waals surface area contributed by atoms with Gasteiger partial charge < -0.3 is 9.84 Å². The van der Waals surface area contributed by atoms with Crippen LogP contribution >= 0.6 is 11.6 Å². The molecule has 10 heteroatoms. The molecule has 0 saturated heterocycles. The van der Waals surface area contributed by atoms with Crippen molar-refractivity contribution in [1.82, 2.24) is 0 Å². The van der Waals surface area contributed by atoms with Crippen LogP contribution in [0, 0.1) is 22.4 Å². The summed E-state index contributed by atoms with van der Waals surface area (Å²) in [6.45, 7) is 3.21. The summed E-state index contributed by atoms with van der Waals surface area (Å²) in [5.41, 5.74) is 0.0857. The number of anilines is 1. The number of aldehydes is 1. The minimum Gasteiger partial charge on any atom is -0.505 e. The van der Waals surface area contributed by atoms with E-state index in [9.17, 15) is 24.8 Å². The molecule has 0 radical (unpaired) electrons. The molecular weight excluding hydrogens is 438 g/mol. The molecule has 164 valence electrons. The van der Waals surface area contributed by atoms with Crippen molar-refractivity contribution >= 4 is 46.6 Å². The van der Waals surface area contributed by atoms with Gasteiger partial charge in [-0.1, -0.05) is 29.8 Å². The minimum atomic E-state index is -0.959. The smallest absolute Gasteiger partial charge is 0.345 e. The molecule has 0 fully saturated rings. The Morgan fingerprint density at radius 2 is 1.94 bits per heavy atom. The average Bonchev–Trinajstić information content (AvgIpc) is 3.00. The lowest BCUT2D eigenvalue weighted by molar-refractivity contribution is -0.384. The molecule has 2 aromatic carbocycles. The number of nitro groups is 1. The zero-order valence-electron chi connectivity index (χ0n) is 17.1. The van der Waals surface area contributed by atoms with Crippen LogP contribution < -0.4 is 4.90 Å². The fourth-order valence-electron chi connectivity index (χ4n) is 3.29. The highest BCUT2D eigenvalue weighted by molar-refractivity contribution is 6.31. The number of aliphatic hydroxyl groups excluding tert-OH is 1. The Kier molecular flexibility index (Phi) is 6.40. The molecule has 9 nitrogen and oxygen atoms in total. The monoisotopic (exact) mass is 455 g/mol. The maximum absolute atomic E-state index is 12.5. The Bertz CT molecular complexity index is 1200. The number of nitrogens with zero attached hydrogens (tertiary/aromatic N) is 2. The maximum atomic E-state index is 12.5. The van der Waals surface area contributed by atoms with E-state index < -0.39 is 28.1 Å². The van der Waals surface area contributed by atoms with Gasteiger partial charge >= 0.3 is 5.97 Å². The highest BCUT2D eigenvalue weighted by atomic mass is 35.5. The summed E-state index contributed by atoms with van der Waals surface area (Å²) in [7, 11) is 0. The van der Waals surface area contributed by atoms with Crippen LogP contribution in [-0.2, 0) is 14.3 Å². The van der Waals surface area contributed by atoms with Gasteiger partial charge in [-0.25, -0.2) is 4.79 Å². The Morgan fingerprint density at radius 1 is 1.28 bits per heavy atom. The molecule has 0 atom stereocenters. The molecule has 32 heavy (non-hydrogen) atoms. The van der Waals surface area contributed by atoms with Crippen LogP contribution in [-0.4, -0.2) is 34.7 Å². The fraction of sp³-hybridized carbons (Fsp3) is 0.136. The lowest BCUT2D eigenvalue weighted by atomic mass is 10.0. The molecule has 1 aliphatic heterocycles. The number of amidine groups is 1. The van der Waals surface area contributed by atoms with Crippen LogP contribution in [0.15, 0.2) is 59.5 Å². The number of ether oxygens (including phenoxy) is 1. The number of non-ortho nitro benzene ring substituents is 1. The van der Waals surface area contributed by atoms with Crippen LogP contribution in [0.5, 0.6) is 0 Å². The van der Waals surface area contributed by atoms with Gasteiger partial charge in [-0.2, -0.15) is 0 Å². The predicted octanol–water partition coefficient (Wildman–Crippen LogP) is 4.34. The van der Waals surface area contributed by atoms with Crippen LogP contribution in [0.4, 0.5) is 11.4 Å². The Hall–Kier alpha value is -3.98. The van der Waals surface area contributed by atoms with Gasteiger partial charge in [0.1, 0.15) is 17.1 Å². The second-order valence-corrected chi connectivity index (χ2v) is 7.18. The molecule has 1 aliphatic rings. The van der Waals surface area contributed by atoms with Crippen molar-refractivity contribution in [2.75, 3.05) is 11.5 Å². The quantitative estimate of drug-likeness (QED) is 0.217. The Labute approximate surface area is 187 Å². The van der Waals surface area contributed by atoms with E-state index in [1.54, 1.807) is 13.8 Å². The number of benzene rings is 2. The summed E-state index contributed by atoms with van der Waals surface area (Å²) in [6, 6.07) is 10.1. The first-order valence-electron chi connectivity index (χ1n) is 9.41. The van der Waals surface area contributed by atoms with Crippen molar-refractivity contribution in [3.05, 3.63) is 85.8 Å². The maximum Gasteiger partial charge on any atom is 0.345 e. The summed E-state index contributed by atoms with van der Waals surface area (Å²) in [5, 5.41) is 31.3. The van der Waals surface area contributed by atoms with Crippen LogP contribution in [0.3, 0.4) is 0 Å². The third-order valence-electron chi connectivity index (χ3n) is 4.80. The van der Waals surface area contributed by atoms with E-state index >= 15 is 0 Å². The number of carbonyl (C=O) groups excluding carboxylic acids is 2. The van der Waals surface area contributed by atoms with Crippen LogP contribution in [0.1, 0.15) is 18.1 Å². The number of allylic oxidation sites excluding steroid dienone is 1. The zero-order chi connectivity index (χ0) is 23.6. The van der Waals surface area contributed by atoms with E-state index in [0.717, 1.165) is 4.90 Å². The molecule has 1 heterocycles. The van der Waals surface area contributed by atoms with Gasteiger partial charge in [0.05, 0.1) is 17.2 Å². The lowest BCUT2D eigenvalue weighted by Crippen LogP contribution is -2.29.